The molecule has 0 rings (SSSR count). The standard InChI is InChI=1S/C9H22N2OSi/c10-6-3-1-2-4-7-11-8-5-9-13-12/h11-12H,1-10H2. The lowest BCUT2D eigenvalue weighted by Crippen LogP contribution is -2.17. The second kappa shape index (κ2) is 12.1. The summed E-state index contributed by atoms with van der Waals surface area (Å²) in [4.78, 5) is 8.55. The predicted octanol–water partition coefficient (Wildman–Crippen LogP) is 0.515. The van der Waals surface area contributed by atoms with Gasteiger partial charge >= 0.3 is 0 Å². The van der Waals surface area contributed by atoms with Crippen molar-refractivity contribution >= 4 is 9.76 Å². The SMILES string of the molecule is NCCCCCCNCCC[Si]O. The molecule has 3 nitrogen and oxygen atoms in total. The van der Waals surface area contributed by atoms with E-state index < -0.39 is 0 Å². The van der Waals surface area contributed by atoms with Crippen molar-refractivity contribution in [3.63, 3.8) is 0 Å². The number of nitrogens with one attached hydrogen (secondary N) is 1. The van der Waals surface area contributed by atoms with Gasteiger partial charge in [-0.2, -0.15) is 0 Å². The van der Waals surface area contributed by atoms with Crippen LogP contribution in [0.25, 0.3) is 0 Å². The van der Waals surface area contributed by atoms with Crippen molar-refractivity contribution in [1.82, 2.24) is 5.32 Å². The van der Waals surface area contributed by atoms with Gasteiger partial charge in [0.15, 0.2) is 0 Å². The quantitative estimate of drug-likeness (QED) is 0.357. The number of nitrogens with two attached hydrogens (primary N) is 1. The van der Waals surface area contributed by atoms with Crippen LogP contribution in [0, 0.1) is 0 Å². The lowest BCUT2D eigenvalue weighted by Gasteiger charge is -2.03. The highest BCUT2D eigenvalue weighted by Gasteiger charge is 1.90. The first-order chi connectivity index (χ1) is 6.41. The first kappa shape index (κ1) is 13.1. The average molecular weight is 202 g/mol. The molecule has 0 unspecified atom stereocenters. The highest BCUT2D eigenvalue weighted by atomic mass is 28.2. The second-order valence-corrected chi connectivity index (χ2v) is 4.03. The lowest BCUT2D eigenvalue weighted by atomic mass is 10.2. The van der Waals surface area contributed by atoms with Gasteiger partial charge in [-0.1, -0.05) is 12.8 Å². The van der Waals surface area contributed by atoms with Gasteiger partial charge in [-0.05, 0) is 44.9 Å². The molecule has 4 N–H and O–H groups in total. The topological polar surface area (TPSA) is 58.3 Å². The normalized spacial score (nSPS) is 10.6. The second-order valence-electron chi connectivity index (χ2n) is 3.21. The summed E-state index contributed by atoms with van der Waals surface area (Å²) in [5.41, 5.74) is 5.39. The van der Waals surface area contributed by atoms with Crippen molar-refractivity contribution in [3.05, 3.63) is 0 Å². The fraction of sp³-hybridized carbons (Fsp3) is 1.00. The molecule has 0 saturated carbocycles. The third kappa shape index (κ3) is 12.1. The van der Waals surface area contributed by atoms with Gasteiger partial charge in [0.2, 0.25) is 9.76 Å². The molecule has 0 saturated heterocycles. The molecule has 0 fully saturated rings. The van der Waals surface area contributed by atoms with Crippen LogP contribution in [0.5, 0.6) is 0 Å². The number of rotatable bonds is 10. The Bertz CT molecular complexity index is 83.7. The highest BCUT2D eigenvalue weighted by Crippen LogP contribution is 1.96. The first-order valence-electron chi connectivity index (χ1n) is 5.19. The average Bonchev–Trinajstić information content (AvgIpc) is 2.16. The van der Waals surface area contributed by atoms with E-state index in [-0.39, 0.29) is 9.76 Å². The van der Waals surface area contributed by atoms with Crippen molar-refractivity contribution < 1.29 is 4.80 Å². The monoisotopic (exact) mass is 202 g/mol. The Kier molecular flexibility index (Phi) is 12.2. The Morgan fingerprint density at radius 1 is 1.00 bits per heavy atom. The van der Waals surface area contributed by atoms with E-state index in [1.165, 1.54) is 19.3 Å². The summed E-state index contributed by atoms with van der Waals surface area (Å²) in [6, 6.07) is 0.945. The third-order valence-corrected chi connectivity index (χ3v) is 2.53. The summed E-state index contributed by atoms with van der Waals surface area (Å²) in [7, 11) is 0.116. The van der Waals surface area contributed by atoms with Crippen LogP contribution in [0.15, 0.2) is 0 Å². The smallest absolute Gasteiger partial charge is 0.224 e. The zero-order valence-electron chi connectivity index (χ0n) is 8.39. The van der Waals surface area contributed by atoms with Crippen molar-refractivity contribution in [2.75, 3.05) is 19.6 Å². The van der Waals surface area contributed by atoms with E-state index in [0.717, 1.165) is 38.5 Å². The Labute approximate surface area is 84.0 Å². The molecule has 0 bridgehead atoms. The van der Waals surface area contributed by atoms with E-state index in [0.29, 0.717) is 0 Å². The molecule has 0 atom stereocenters. The van der Waals surface area contributed by atoms with Gasteiger partial charge in [0.1, 0.15) is 0 Å². The summed E-state index contributed by atoms with van der Waals surface area (Å²) in [5.74, 6) is 0. The molecule has 4 heteroatoms. The lowest BCUT2D eigenvalue weighted by molar-refractivity contribution is 0.572. The first-order valence-corrected chi connectivity index (χ1v) is 6.35. The van der Waals surface area contributed by atoms with E-state index in [1.54, 1.807) is 0 Å². The van der Waals surface area contributed by atoms with E-state index >= 15 is 0 Å². The maximum Gasteiger partial charge on any atom is 0.224 e. The van der Waals surface area contributed by atoms with Gasteiger partial charge in [0.25, 0.3) is 0 Å². The van der Waals surface area contributed by atoms with Gasteiger partial charge in [-0.25, -0.2) is 0 Å². The molecule has 0 aromatic rings. The van der Waals surface area contributed by atoms with Gasteiger partial charge in [-0.15, -0.1) is 0 Å². The molecule has 78 valence electrons. The van der Waals surface area contributed by atoms with E-state index in [1.807, 2.05) is 0 Å². The summed E-state index contributed by atoms with van der Waals surface area (Å²) >= 11 is 0. The minimum atomic E-state index is 0.116. The fourth-order valence-corrected chi connectivity index (χ4v) is 1.50. The third-order valence-electron chi connectivity index (χ3n) is 1.95. The molecule has 0 spiro atoms. The van der Waals surface area contributed by atoms with Crippen molar-refractivity contribution in [3.8, 4) is 0 Å². The molecule has 0 aliphatic heterocycles. The Hall–Kier alpha value is 0.0969. The fourth-order valence-electron chi connectivity index (χ4n) is 1.17. The molecule has 2 radical (unpaired) electrons. The van der Waals surface area contributed by atoms with E-state index in [4.69, 9.17) is 10.5 Å². The van der Waals surface area contributed by atoms with E-state index in [2.05, 4.69) is 5.32 Å². The highest BCUT2D eigenvalue weighted by molar-refractivity contribution is 6.25. The van der Waals surface area contributed by atoms with Crippen LogP contribution in [-0.4, -0.2) is 34.2 Å². The maximum atomic E-state index is 8.55. The molecule has 0 aliphatic rings. The van der Waals surface area contributed by atoms with Crippen LogP contribution in [0.4, 0.5) is 0 Å². The minimum absolute atomic E-state index is 0.116. The van der Waals surface area contributed by atoms with Crippen molar-refractivity contribution in [1.29, 1.82) is 0 Å². The number of hydrogen-bond acceptors (Lipinski definition) is 3. The van der Waals surface area contributed by atoms with Crippen LogP contribution >= 0.6 is 0 Å². The molecular formula is C9H22N2OSi. The Morgan fingerprint density at radius 2 is 1.69 bits per heavy atom. The van der Waals surface area contributed by atoms with Gasteiger partial charge < -0.3 is 15.8 Å². The number of hydrogen-bond donors (Lipinski definition) is 3. The Balaban J connectivity index is 2.76. The zero-order valence-corrected chi connectivity index (χ0v) is 9.39. The minimum Gasteiger partial charge on any atom is -0.432 e. The van der Waals surface area contributed by atoms with Crippen LogP contribution in [0.1, 0.15) is 32.1 Å². The van der Waals surface area contributed by atoms with Crippen LogP contribution in [0.2, 0.25) is 6.04 Å². The number of unbranched alkanes of at least 4 members (excludes halogenated alkanes) is 3. The molecule has 0 amide bonds. The van der Waals surface area contributed by atoms with E-state index in [9.17, 15) is 0 Å². The maximum absolute atomic E-state index is 8.55. The van der Waals surface area contributed by atoms with Crippen LogP contribution in [0.3, 0.4) is 0 Å². The van der Waals surface area contributed by atoms with Crippen LogP contribution in [-0.2, 0) is 0 Å². The van der Waals surface area contributed by atoms with Gasteiger partial charge in [-0.3, -0.25) is 0 Å². The molecule has 0 aromatic carbocycles. The van der Waals surface area contributed by atoms with Gasteiger partial charge in [0.05, 0.1) is 0 Å². The molecule has 0 aliphatic carbocycles. The summed E-state index contributed by atoms with van der Waals surface area (Å²) < 4.78 is 0. The molecule has 13 heavy (non-hydrogen) atoms. The van der Waals surface area contributed by atoms with Crippen molar-refractivity contribution in [2.24, 2.45) is 5.73 Å². The molecule has 0 aromatic heterocycles. The van der Waals surface area contributed by atoms with Crippen molar-refractivity contribution in [2.45, 2.75) is 38.1 Å². The summed E-state index contributed by atoms with van der Waals surface area (Å²) in [6.07, 6.45) is 6.05. The molecule has 0 heterocycles. The predicted molar refractivity (Wildman–Crippen MR) is 57.8 cm³/mol. The largest absolute Gasteiger partial charge is 0.432 e. The Morgan fingerprint density at radius 3 is 2.38 bits per heavy atom. The summed E-state index contributed by atoms with van der Waals surface area (Å²) in [5, 5.41) is 3.36. The van der Waals surface area contributed by atoms with Gasteiger partial charge in [0, 0.05) is 0 Å². The van der Waals surface area contributed by atoms with Crippen LogP contribution < -0.4 is 11.1 Å². The molecular weight excluding hydrogens is 180 g/mol. The summed E-state index contributed by atoms with van der Waals surface area (Å²) in [6.45, 7) is 2.98. The zero-order chi connectivity index (χ0) is 9.78.